The molecular formula is C16H10BrN3. The number of aromatic nitrogens is 2. The summed E-state index contributed by atoms with van der Waals surface area (Å²) < 4.78 is 0.914. The van der Waals surface area contributed by atoms with Gasteiger partial charge < -0.3 is 4.98 Å². The lowest BCUT2D eigenvalue weighted by atomic mass is 10.0. The normalized spacial score (nSPS) is 11.5. The minimum atomic E-state index is 0.631. The van der Waals surface area contributed by atoms with Crippen LogP contribution in [-0.4, -0.2) is 9.97 Å². The summed E-state index contributed by atoms with van der Waals surface area (Å²) in [6, 6.07) is 13.9. The summed E-state index contributed by atoms with van der Waals surface area (Å²) in [6.07, 6.45) is 5.49. The number of nitriles is 1. The van der Waals surface area contributed by atoms with E-state index < -0.39 is 0 Å². The SMILES string of the molecule is N#C/C(=C\c1c[nH]c2ncc(Br)cc12)c1ccccc1. The van der Waals surface area contributed by atoms with Gasteiger partial charge in [-0.15, -0.1) is 0 Å². The molecule has 0 bridgehead atoms. The molecule has 3 rings (SSSR count). The van der Waals surface area contributed by atoms with Crippen LogP contribution in [0.25, 0.3) is 22.7 Å². The summed E-state index contributed by atoms with van der Waals surface area (Å²) in [5, 5.41) is 10.3. The van der Waals surface area contributed by atoms with E-state index in [-0.39, 0.29) is 0 Å². The lowest BCUT2D eigenvalue weighted by Crippen LogP contribution is -1.81. The summed E-state index contributed by atoms with van der Waals surface area (Å²) in [7, 11) is 0. The van der Waals surface area contributed by atoms with Crippen molar-refractivity contribution in [1.82, 2.24) is 9.97 Å². The second-order valence-electron chi connectivity index (χ2n) is 4.33. The monoisotopic (exact) mass is 323 g/mol. The number of nitrogens with one attached hydrogen (secondary N) is 1. The molecule has 3 nitrogen and oxygen atoms in total. The highest BCUT2D eigenvalue weighted by Crippen LogP contribution is 2.25. The van der Waals surface area contributed by atoms with Crippen LogP contribution in [0.1, 0.15) is 11.1 Å². The molecule has 0 aliphatic rings. The van der Waals surface area contributed by atoms with Crippen molar-refractivity contribution in [3.05, 3.63) is 64.4 Å². The number of allylic oxidation sites excluding steroid dienone is 1. The molecule has 0 amide bonds. The Hall–Kier alpha value is -2.38. The number of hydrogen-bond acceptors (Lipinski definition) is 2. The third-order valence-electron chi connectivity index (χ3n) is 3.03. The Bertz CT molecular complexity index is 826. The van der Waals surface area contributed by atoms with Crippen LogP contribution in [-0.2, 0) is 0 Å². The predicted octanol–water partition coefficient (Wildman–Crippen LogP) is 4.39. The van der Waals surface area contributed by atoms with E-state index in [1.807, 2.05) is 48.7 Å². The van der Waals surface area contributed by atoms with E-state index in [1.165, 1.54) is 0 Å². The standard InChI is InChI=1S/C16H10BrN3/c17-14-7-15-13(9-19-16(15)20-10-14)6-12(8-18)11-4-2-1-3-5-11/h1-7,9-10H,(H,19,20)/b12-6+. The fraction of sp³-hybridized carbons (Fsp3) is 0. The highest BCUT2D eigenvalue weighted by molar-refractivity contribution is 9.10. The zero-order chi connectivity index (χ0) is 13.9. The first kappa shape index (κ1) is 12.6. The Morgan fingerprint density at radius 3 is 2.85 bits per heavy atom. The van der Waals surface area contributed by atoms with Gasteiger partial charge in [-0.2, -0.15) is 5.26 Å². The molecule has 0 aliphatic heterocycles. The van der Waals surface area contributed by atoms with Crippen LogP contribution in [0.3, 0.4) is 0 Å². The van der Waals surface area contributed by atoms with Crippen LogP contribution in [0.5, 0.6) is 0 Å². The van der Waals surface area contributed by atoms with Crippen LogP contribution in [0, 0.1) is 11.3 Å². The van der Waals surface area contributed by atoms with Crippen LogP contribution in [0.15, 0.2) is 53.3 Å². The molecule has 0 fully saturated rings. The molecule has 20 heavy (non-hydrogen) atoms. The number of benzene rings is 1. The smallest absolute Gasteiger partial charge is 0.137 e. The van der Waals surface area contributed by atoms with Crippen LogP contribution in [0.2, 0.25) is 0 Å². The number of H-pyrrole nitrogens is 1. The molecule has 96 valence electrons. The van der Waals surface area contributed by atoms with Crippen LogP contribution in [0.4, 0.5) is 0 Å². The Labute approximate surface area is 124 Å². The number of aromatic amines is 1. The second kappa shape index (κ2) is 5.32. The lowest BCUT2D eigenvalue weighted by molar-refractivity contribution is 1.31. The topological polar surface area (TPSA) is 52.5 Å². The molecule has 2 aromatic heterocycles. The first-order valence-corrected chi connectivity index (χ1v) is 6.87. The van der Waals surface area contributed by atoms with Gasteiger partial charge in [-0.05, 0) is 33.6 Å². The zero-order valence-corrected chi connectivity index (χ0v) is 12.1. The number of fused-ring (bicyclic) bond motifs is 1. The molecule has 0 saturated carbocycles. The van der Waals surface area contributed by atoms with Gasteiger partial charge >= 0.3 is 0 Å². The fourth-order valence-corrected chi connectivity index (χ4v) is 2.40. The number of pyridine rings is 1. The van der Waals surface area contributed by atoms with E-state index in [0.717, 1.165) is 26.6 Å². The van der Waals surface area contributed by atoms with Crippen molar-refractivity contribution >= 4 is 38.6 Å². The molecule has 4 heteroatoms. The minimum absolute atomic E-state index is 0.631. The summed E-state index contributed by atoms with van der Waals surface area (Å²) in [5.74, 6) is 0. The molecule has 1 N–H and O–H groups in total. The van der Waals surface area contributed by atoms with E-state index >= 15 is 0 Å². The average molecular weight is 324 g/mol. The summed E-state index contributed by atoms with van der Waals surface area (Å²) in [6.45, 7) is 0. The molecule has 2 heterocycles. The summed E-state index contributed by atoms with van der Waals surface area (Å²) >= 11 is 3.42. The van der Waals surface area contributed by atoms with Gasteiger partial charge in [0.2, 0.25) is 0 Å². The zero-order valence-electron chi connectivity index (χ0n) is 10.5. The summed E-state index contributed by atoms with van der Waals surface area (Å²) in [4.78, 5) is 7.40. The van der Waals surface area contributed by atoms with Gasteiger partial charge in [0.25, 0.3) is 0 Å². The molecule has 0 spiro atoms. The molecule has 0 aliphatic carbocycles. The quantitative estimate of drug-likeness (QED) is 0.711. The Balaban J connectivity index is 2.13. The number of hydrogen-bond donors (Lipinski definition) is 1. The van der Waals surface area contributed by atoms with Crippen molar-refractivity contribution in [2.45, 2.75) is 0 Å². The van der Waals surface area contributed by atoms with Gasteiger partial charge in [0.05, 0.1) is 11.6 Å². The summed E-state index contributed by atoms with van der Waals surface area (Å²) in [5.41, 5.74) is 3.30. The Morgan fingerprint density at radius 2 is 2.10 bits per heavy atom. The first-order chi connectivity index (χ1) is 9.78. The first-order valence-electron chi connectivity index (χ1n) is 6.08. The minimum Gasteiger partial charge on any atom is -0.346 e. The Morgan fingerprint density at radius 1 is 1.30 bits per heavy atom. The second-order valence-corrected chi connectivity index (χ2v) is 5.25. The van der Waals surface area contributed by atoms with Crippen molar-refractivity contribution in [3.63, 3.8) is 0 Å². The van der Waals surface area contributed by atoms with Crippen LogP contribution < -0.4 is 0 Å². The predicted molar refractivity (Wildman–Crippen MR) is 83.7 cm³/mol. The van der Waals surface area contributed by atoms with E-state index in [9.17, 15) is 5.26 Å². The highest BCUT2D eigenvalue weighted by Gasteiger charge is 2.06. The number of nitrogens with zero attached hydrogens (tertiary/aromatic N) is 2. The highest BCUT2D eigenvalue weighted by atomic mass is 79.9. The van der Waals surface area contributed by atoms with Crippen molar-refractivity contribution < 1.29 is 0 Å². The molecular weight excluding hydrogens is 314 g/mol. The average Bonchev–Trinajstić information content (AvgIpc) is 2.88. The van der Waals surface area contributed by atoms with Crippen molar-refractivity contribution in [3.8, 4) is 6.07 Å². The molecule has 1 aromatic carbocycles. The fourth-order valence-electron chi connectivity index (χ4n) is 2.07. The number of halogens is 1. The van der Waals surface area contributed by atoms with Gasteiger partial charge in [0.1, 0.15) is 5.65 Å². The van der Waals surface area contributed by atoms with Crippen molar-refractivity contribution in [2.75, 3.05) is 0 Å². The van der Waals surface area contributed by atoms with Gasteiger partial charge in [-0.25, -0.2) is 4.98 Å². The number of rotatable bonds is 2. The van der Waals surface area contributed by atoms with E-state index in [1.54, 1.807) is 6.20 Å². The van der Waals surface area contributed by atoms with Crippen molar-refractivity contribution in [1.29, 1.82) is 5.26 Å². The van der Waals surface area contributed by atoms with Gasteiger partial charge in [0.15, 0.2) is 0 Å². The van der Waals surface area contributed by atoms with E-state index in [2.05, 4.69) is 32.0 Å². The largest absolute Gasteiger partial charge is 0.346 e. The third-order valence-corrected chi connectivity index (χ3v) is 3.47. The lowest BCUT2D eigenvalue weighted by Gasteiger charge is -1.98. The van der Waals surface area contributed by atoms with Crippen LogP contribution >= 0.6 is 15.9 Å². The maximum absolute atomic E-state index is 9.35. The van der Waals surface area contributed by atoms with Gasteiger partial charge in [0, 0.05) is 27.8 Å². The van der Waals surface area contributed by atoms with E-state index in [4.69, 9.17) is 0 Å². The molecule has 0 radical (unpaired) electrons. The maximum Gasteiger partial charge on any atom is 0.137 e. The molecule has 3 aromatic rings. The van der Waals surface area contributed by atoms with E-state index in [0.29, 0.717) is 5.57 Å². The third kappa shape index (κ3) is 2.36. The van der Waals surface area contributed by atoms with Gasteiger partial charge in [-0.1, -0.05) is 30.3 Å². The molecule has 0 unspecified atom stereocenters. The maximum atomic E-state index is 9.35. The molecule has 0 saturated heterocycles. The van der Waals surface area contributed by atoms with Gasteiger partial charge in [-0.3, -0.25) is 0 Å². The Kier molecular flexibility index (Phi) is 3.36. The molecule has 0 atom stereocenters. The van der Waals surface area contributed by atoms with Crippen molar-refractivity contribution in [2.24, 2.45) is 0 Å².